The molecule has 1 heterocycles. The number of carbonyl (C=O) groups is 1. The fourth-order valence-electron chi connectivity index (χ4n) is 2.22. The van der Waals surface area contributed by atoms with Crippen molar-refractivity contribution in [2.75, 3.05) is 5.32 Å². The lowest BCUT2D eigenvalue weighted by Crippen LogP contribution is -2.11. The van der Waals surface area contributed by atoms with Gasteiger partial charge in [0.05, 0.1) is 0 Å². The first-order valence-corrected chi connectivity index (χ1v) is 8.02. The van der Waals surface area contributed by atoms with E-state index in [-0.39, 0.29) is 5.91 Å². The van der Waals surface area contributed by atoms with Gasteiger partial charge in [0.2, 0.25) is 17.6 Å². The Balaban J connectivity index is 1.49. The molecule has 0 saturated carbocycles. The maximum Gasteiger partial charge on any atom is 0.226 e. The fraction of sp³-hybridized carbons (Fsp3) is 0.167. The average molecular weight is 342 g/mol. The van der Waals surface area contributed by atoms with Crippen LogP contribution in [-0.4, -0.2) is 16.0 Å². The van der Waals surface area contributed by atoms with Crippen LogP contribution in [0.3, 0.4) is 0 Å². The number of nitrogens with one attached hydrogen (secondary N) is 1. The molecule has 0 bridgehead atoms. The topological polar surface area (TPSA) is 68.0 Å². The van der Waals surface area contributed by atoms with Crippen LogP contribution in [0.4, 0.5) is 5.69 Å². The minimum Gasteiger partial charge on any atom is -0.339 e. The molecule has 0 aliphatic heterocycles. The summed E-state index contributed by atoms with van der Waals surface area (Å²) in [7, 11) is 0. The molecule has 0 saturated heterocycles. The van der Waals surface area contributed by atoms with Crippen LogP contribution in [0.1, 0.15) is 18.7 Å². The molecule has 5 nitrogen and oxygen atoms in total. The van der Waals surface area contributed by atoms with Crippen LogP contribution < -0.4 is 5.32 Å². The fourth-order valence-corrected chi connectivity index (χ4v) is 2.34. The predicted octanol–water partition coefficient (Wildman–Crippen LogP) is 4.35. The highest BCUT2D eigenvalue weighted by molar-refractivity contribution is 6.30. The minimum atomic E-state index is -0.0290. The van der Waals surface area contributed by atoms with E-state index in [1.54, 1.807) is 12.1 Å². The highest BCUT2D eigenvalue weighted by Gasteiger charge is 2.09. The van der Waals surface area contributed by atoms with Crippen molar-refractivity contribution < 1.29 is 9.32 Å². The van der Waals surface area contributed by atoms with E-state index in [2.05, 4.69) is 15.5 Å². The first-order chi connectivity index (χ1) is 11.7. The second-order valence-electron chi connectivity index (χ2n) is 5.29. The number of carbonyl (C=O) groups excluding carboxylic acids is 1. The van der Waals surface area contributed by atoms with Gasteiger partial charge in [0, 0.05) is 29.1 Å². The molecule has 0 unspecified atom stereocenters. The summed E-state index contributed by atoms with van der Waals surface area (Å²) in [6.45, 7) is 0. The number of amides is 1. The SMILES string of the molecule is O=C(CCCc1nc(-c2ccc(Cl)cc2)no1)Nc1ccccc1. The number of aromatic nitrogens is 2. The standard InChI is InChI=1S/C18H16ClN3O2/c19-14-11-9-13(10-12-14)18-21-17(24-22-18)8-4-7-16(23)20-15-5-2-1-3-6-15/h1-3,5-6,9-12H,4,7-8H2,(H,20,23). The van der Waals surface area contributed by atoms with Crippen LogP contribution in [0.5, 0.6) is 0 Å². The van der Waals surface area contributed by atoms with Crippen molar-refractivity contribution in [1.82, 2.24) is 10.1 Å². The van der Waals surface area contributed by atoms with Crippen molar-refractivity contribution >= 4 is 23.2 Å². The molecule has 1 aromatic heterocycles. The number of anilines is 1. The van der Waals surface area contributed by atoms with Gasteiger partial charge in [0.15, 0.2) is 0 Å². The van der Waals surface area contributed by atoms with Crippen molar-refractivity contribution in [2.45, 2.75) is 19.3 Å². The van der Waals surface area contributed by atoms with Crippen LogP contribution in [0.2, 0.25) is 5.02 Å². The molecule has 0 radical (unpaired) electrons. The van der Waals surface area contributed by atoms with E-state index in [0.29, 0.717) is 36.0 Å². The van der Waals surface area contributed by atoms with Gasteiger partial charge in [-0.15, -0.1) is 0 Å². The first-order valence-electron chi connectivity index (χ1n) is 7.64. The van der Waals surface area contributed by atoms with Gasteiger partial charge in [-0.2, -0.15) is 4.98 Å². The zero-order valence-corrected chi connectivity index (χ0v) is 13.7. The summed E-state index contributed by atoms with van der Waals surface area (Å²) < 4.78 is 5.22. The van der Waals surface area contributed by atoms with Crippen molar-refractivity contribution in [3.05, 3.63) is 65.5 Å². The Bertz CT molecular complexity index is 801. The second kappa shape index (κ2) is 7.75. The van der Waals surface area contributed by atoms with Gasteiger partial charge >= 0.3 is 0 Å². The Morgan fingerprint density at radius 3 is 2.58 bits per heavy atom. The number of para-hydroxylation sites is 1. The molecule has 0 atom stereocenters. The number of rotatable bonds is 6. The van der Waals surface area contributed by atoms with Crippen molar-refractivity contribution in [1.29, 1.82) is 0 Å². The Labute approximate surface area is 144 Å². The van der Waals surface area contributed by atoms with E-state index in [1.165, 1.54) is 0 Å². The molecule has 0 aliphatic carbocycles. The number of nitrogens with zero attached hydrogens (tertiary/aromatic N) is 2. The zero-order chi connectivity index (χ0) is 16.8. The Morgan fingerprint density at radius 1 is 1.08 bits per heavy atom. The number of benzene rings is 2. The van der Waals surface area contributed by atoms with Gasteiger partial charge in [-0.25, -0.2) is 0 Å². The van der Waals surface area contributed by atoms with Gasteiger partial charge in [-0.3, -0.25) is 4.79 Å². The Kier molecular flexibility index (Phi) is 5.23. The summed E-state index contributed by atoms with van der Waals surface area (Å²) in [5.74, 6) is 1.02. The van der Waals surface area contributed by atoms with Crippen molar-refractivity contribution in [3.63, 3.8) is 0 Å². The summed E-state index contributed by atoms with van der Waals surface area (Å²) in [5, 5.41) is 7.46. The van der Waals surface area contributed by atoms with E-state index in [9.17, 15) is 4.79 Å². The molecule has 3 aromatic rings. The molecular formula is C18H16ClN3O2. The molecule has 0 spiro atoms. The van der Waals surface area contributed by atoms with Crippen LogP contribution >= 0.6 is 11.6 Å². The van der Waals surface area contributed by atoms with E-state index < -0.39 is 0 Å². The van der Waals surface area contributed by atoms with Crippen LogP contribution in [0.25, 0.3) is 11.4 Å². The first kappa shape index (κ1) is 16.2. The van der Waals surface area contributed by atoms with Gasteiger partial charge in [-0.1, -0.05) is 35.0 Å². The maximum atomic E-state index is 11.9. The van der Waals surface area contributed by atoms with Gasteiger partial charge in [0.25, 0.3) is 0 Å². The lowest BCUT2D eigenvalue weighted by atomic mass is 10.2. The maximum absolute atomic E-state index is 11.9. The van der Waals surface area contributed by atoms with E-state index in [1.807, 2.05) is 42.5 Å². The normalized spacial score (nSPS) is 10.5. The highest BCUT2D eigenvalue weighted by atomic mass is 35.5. The van der Waals surface area contributed by atoms with E-state index >= 15 is 0 Å². The molecule has 2 aromatic carbocycles. The number of hydrogen-bond acceptors (Lipinski definition) is 4. The molecule has 3 rings (SSSR count). The molecule has 6 heteroatoms. The van der Waals surface area contributed by atoms with E-state index in [4.69, 9.17) is 16.1 Å². The van der Waals surface area contributed by atoms with Gasteiger partial charge in [0.1, 0.15) is 0 Å². The van der Waals surface area contributed by atoms with Crippen molar-refractivity contribution in [2.24, 2.45) is 0 Å². The largest absolute Gasteiger partial charge is 0.339 e. The molecule has 24 heavy (non-hydrogen) atoms. The molecule has 122 valence electrons. The average Bonchev–Trinajstić information content (AvgIpc) is 3.05. The summed E-state index contributed by atoms with van der Waals surface area (Å²) in [6, 6.07) is 16.6. The highest BCUT2D eigenvalue weighted by Crippen LogP contribution is 2.19. The van der Waals surface area contributed by atoms with Gasteiger partial charge in [-0.05, 0) is 42.8 Å². The summed E-state index contributed by atoms with van der Waals surface area (Å²) in [4.78, 5) is 16.2. The third kappa shape index (κ3) is 4.43. The van der Waals surface area contributed by atoms with Crippen LogP contribution in [0.15, 0.2) is 59.1 Å². The predicted molar refractivity (Wildman–Crippen MR) is 92.8 cm³/mol. The lowest BCUT2D eigenvalue weighted by molar-refractivity contribution is -0.116. The number of halogens is 1. The minimum absolute atomic E-state index is 0.0290. The summed E-state index contributed by atoms with van der Waals surface area (Å²) in [6.07, 6.45) is 1.59. The molecular weight excluding hydrogens is 326 g/mol. The third-order valence-corrected chi connectivity index (χ3v) is 3.67. The Hall–Kier alpha value is -2.66. The molecule has 1 N–H and O–H groups in total. The molecule has 1 amide bonds. The Morgan fingerprint density at radius 2 is 1.83 bits per heavy atom. The molecule has 0 fully saturated rings. The number of hydrogen-bond donors (Lipinski definition) is 1. The smallest absolute Gasteiger partial charge is 0.226 e. The second-order valence-corrected chi connectivity index (χ2v) is 5.72. The van der Waals surface area contributed by atoms with Crippen LogP contribution in [0, 0.1) is 0 Å². The summed E-state index contributed by atoms with van der Waals surface area (Å²) >= 11 is 5.86. The number of aryl methyl sites for hydroxylation is 1. The third-order valence-electron chi connectivity index (χ3n) is 3.42. The monoisotopic (exact) mass is 341 g/mol. The zero-order valence-electron chi connectivity index (χ0n) is 12.9. The van der Waals surface area contributed by atoms with Gasteiger partial charge < -0.3 is 9.84 Å². The quantitative estimate of drug-likeness (QED) is 0.723. The lowest BCUT2D eigenvalue weighted by Gasteiger charge is -2.03. The van der Waals surface area contributed by atoms with E-state index in [0.717, 1.165) is 11.3 Å². The van der Waals surface area contributed by atoms with Crippen molar-refractivity contribution in [3.8, 4) is 11.4 Å². The molecule has 0 aliphatic rings. The van der Waals surface area contributed by atoms with Crippen LogP contribution in [-0.2, 0) is 11.2 Å². The summed E-state index contributed by atoms with van der Waals surface area (Å²) in [5.41, 5.74) is 1.64.